The highest BCUT2D eigenvalue weighted by molar-refractivity contribution is 6.29. The van der Waals surface area contributed by atoms with E-state index in [2.05, 4.69) is 15.1 Å². The maximum atomic E-state index is 5.97. The van der Waals surface area contributed by atoms with Gasteiger partial charge >= 0.3 is 0 Å². The Morgan fingerprint density at radius 1 is 1.41 bits per heavy atom. The van der Waals surface area contributed by atoms with Gasteiger partial charge in [-0.05, 0) is 6.92 Å². The average Bonchev–Trinajstić information content (AvgIpc) is 2.74. The van der Waals surface area contributed by atoms with Crippen LogP contribution in [0.15, 0.2) is 18.5 Å². The molecule has 0 N–H and O–H groups in total. The van der Waals surface area contributed by atoms with Crippen molar-refractivity contribution in [2.45, 2.75) is 13.0 Å². The van der Waals surface area contributed by atoms with E-state index in [1.807, 2.05) is 20.2 Å². The molecule has 2 rings (SSSR count). The first kappa shape index (κ1) is 12.0. The van der Waals surface area contributed by atoms with Crippen molar-refractivity contribution in [1.29, 1.82) is 0 Å². The Balaban J connectivity index is 2.44. The summed E-state index contributed by atoms with van der Waals surface area (Å²) in [6, 6.07) is 1.71. The molecule has 5 nitrogen and oxygen atoms in total. The van der Waals surface area contributed by atoms with Gasteiger partial charge in [0.05, 0.1) is 11.9 Å². The van der Waals surface area contributed by atoms with Crippen LogP contribution >= 0.6 is 11.6 Å². The highest BCUT2D eigenvalue weighted by Gasteiger charge is 2.12. The molecule has 0 amide bonds. The van der Waals surface area contributed by atoms with Crippen molar-refractivity contribution in [1.82, 2.24) is 19.7 Å². The molecule has 0 aliphatic rings. The van der Waals surface area contributed by atoms with E-state index in [-0.39, 0.29) is 6.10 Å². The molecule has 90 valence electrons. The van der Waals surface area contributed by atoms with E-state index in [4.69, 9.17) is 16.3 Å². The smallest absolute Gasteiger partial charge is 0.159 e. The summed E-state index contributed by atoms with van der Waals surface area (Å²) in [4.78, 5) is 8.55. The maximum absolute atomic E-state index is 5.97. The van der Waals surface area contributed by atoms with Crippen LogP contribution in [0.2, 0.25) is 5.15 Å². The zero-order chi connectivity index (χ0) is 12.4. The van der Waals surface area contributed by atoms with Crippen molar-refractivity contribution >= 4 is 11.6 Å². The minimum atomic E-state index is -0.191. The molecule has 0 aromatic carbocycles. The zero-order valence-corrected chi connectivity index (χ0v) is 10.6. The van der Waals surface area contributed by atoms with E-state index in [1.165, 1.54) is 0 Å². The van der Waals surface area contributed by atoms with Gasteiger partial charge in [-0.25, -0.2) is 9.97 Å². The second-order valence-corrected chi connectivity index (χ2v) is 4.10. The molecule has 0 aliphatic carbocycles. The molecule has 2 heterocycles. The van der Waals surface area contributed by atoms with Crippen LogP contribution in [0.1, 0.15) is 18.9 Å². The van der Waals surface area contributed by atoms with Crippen molar-refractivity contribution in [3.05, 3.63) is 29.4 Å². The van der Waals surface area contributed by atoms with Crippen LogP contribution in [0.25, 0.3) is 11.3 Å². The lowest BCUT2D eigenvalue weighted by atomic mass is 10.2. The minimum absolute atomic E-state index is 0.191. The third-order valence-electron chi connectivity index (χ3n) is 2.43. The summed E-state index contributed by atoms with van der Waals surface area (Å²) in [5.74, 6) is 0.568. The Labute approximate surface area is 104 Å². The van der Waals surface area contributed by atoms with Gasteiger partial charge in [0.15, 0.2) is 5.82 Å². The summed E-state index contributed by atoms with van der Waals surface area (Å²) in [6.07, 6.45) is 3.42. The largest absolute Gasteiger partial charge is 0.374 e. The van der Waals surface area contributed by atoms with E-state index in [0.717, 1.165) is 11.3 Å². The van der Waals surface area contributed by atoms with Gasteiger partial charge < -0.3 is 4.74 Å². The number of halogens is 1. The molecule has 0 saturated heterocycles. The van der Waals surface area contributed by atoms with Crippen molar-refractivity contribution in [3.63, 3.8) is 0 Å². The first-order chi connectivity index (χ1) is 8.10. The van der Waals surface area contributed by atoms with Gasteiger partial charge in [-0.1, -0.05) is 11.6 Å². The van der Waals surface area contributed by atoms with Crippen LogP contribution in [0.5, 0.6) is 0 Å². The Bertz CT molecular complexity index is 526. The predicted octanol–water partition coefficient (Wildman–Crippen LogP) is 2.24. The molecule has 0 radical (unpaired) electrons. The van der Waals surface area contributed by atoms with Crippen LogP contribution in [0, 0.1) is 0 Å². The Morgan fingerprint density at radius 2 is 2.18 bits per heavy atom. The zero-order valence-electron chi connectivity index (χ0n) is 9.88. The number of nitrogens with zero attached hydrogens (tertiary/aromatic N) is 4. The van der Waals surface area contributed by atoms with Gasteiger partial charge in [-0.2, -0.15) is 5.10 Å². The van der Waals surface area contributed by atoms with Gasteiger partial charge in [0.2, 0.25) is 0 Å². The lowest BCUT2D eigenvalue weighted by Crippen LogP contribution is -2.03. The van der Waals surface area contributed by atoms with Crippen molar-refractivity contribution in [2.75, 3.05) is 7.11 Å². The molecular formula is C11H13ClN4O. The Hall–Kier alpha value is -1.46. The highest BCUT2D eigenvalue weighted by Crippen LogP contribution is 2.22. The second kappa shape index (κ2) is 4.81. The summed E-state index contributed by atoms with van der Waals surface area (Å²) in [7, 11) is 3.46. The summed E-state index contributed by atoms with van der Waals surface area (Å²) in [5.41, 5.74) is 1.65. The van der Waals surface area contributed by atoms with E-state index in [9.17, 15) is 0 Å². The first-order valence-electron chi connectivity index (χ1n) is 5.16. The molecule has 1 unspecified atom stereocenters. The number of methoxy groups -OCH3 is 1. The SMILES string of the molecule is COC(C)c1nc(Cl)cc(-c2cnn(C)c2)n1. The third-order valence-corrected chi connectivity index (χ3v) is 2.62. The lowest BCUT2D eigenvalue weighted by Gasteiger charge is -2.09. The van der Waals surface area contributed by atoms with Crippen LogP contribution in [0.3, 0.4) is 0 Å². The molecule has 0 saturated carbocycles. The maximum Gasteiger partial charge on any atom is 0.159 e. The number of hydrogen-bond donors (Lipinski definition) is 0. The monoisotopic (exact) mass is 252 g/mol. The summed E-state index contributed by atoms with van der Waals surface area (Å²) in [5, 5.41) is 4.50. The second-order valence-electron chi connectivity index (χ2n) is 3.71. The number of ether oxygens (including phenoxy) is 1. The normalized spacial score (nSPS) is 12.7. The number of rotatable bonds is 3. The van der Waals surface area contributed by atoms with Crippen LogP contribution in [0.4, 0.5) is 0 Å². The fourth-order valence-electron chi connectivity index (χ4n) is 1.42. The third kappa shape index (κ3) is 2.62. The molecule has 0 spiro atoms. The molecule has 1 atom stereocenters. The molecule has 17 heavy (non-hydrogen) atoms. The van der Waals surface area contributed by atoms with Crippen LogP contribution in [-0.2, 0) is 11.8 Å². The van der Waals surface area contributed by atoms with Crippen LogP contribution in [-0.4, -0.2) is 26.9 Å². The average molecular weight is 253 g/mol. The molecule has 0 bridgehead atoms. The van der Waals surface area contributed by atoms with E-state index >= 15 is 0 Å². The fraction of sp³-hybridized carbons (Fsp3) is 0.364. The van der Waals surface area contributed by atoms with Gasteiger partial charge in [-0.15, -0.1) is 0 Å². The molecule has 0 aliphatic heterocycles. The Morgan fingerprint density at radius 3 is 2.76 bits per heavy atom. The summed E-state index contributed by atoms with van der Waals surface area (Å²) < 4.78 is 6.90. The number of aryl methyl sites for hydroxylation is 1. The fourth-order valence-corrected chi connectivity index (χ4v) is 1.61. The first-order valence-corrected chi connectivity index (χ1v) is 5.54. The van der Waals surface area contributed by atoms with E-state index < -0.39 is 0 Å². The van der Waals surface area contributed by atoms with Crippen molar-refractivity contribution in [2.24, 2.45) is 7.05 Å². The van der Waals surface area contributed by atoms with Crippen LogP contribution < -0.4 is 0 Å². The van der Waals surface area contributed by atoms with Crippen molar-refractivity contribution < 1.29 is 4.74 Å². The molecule has 2 aromatic heterocycles. The molecule has 2 aromatic rings. The molecule has 6 heteroatoms. The van der Waals surface area contributed by atoms with Crippen molar-refractivity contribution in [3.8, 4) is 11.3 Å². The standard InChI is InChI=1S/C11H13ClN4O/c1-7(17-3)11-14-9(4-10(12)15-11)8-5-13-16(2)6-8/h4-7H,1-3H3. The van der Waals surface area contributed by atoms with Gasteiger partial charge in [0.1, 0.15) is 11.3 Å². The molecule has 0 fully saturated rings. The van der Waals surface area contributed by atoms with Gasteiger partial charge in [0.25, 0.3) is 0 Å². The summed E-state index contributed by atoms with van der Waals surface area (Å²) in [6.45, 7) is 1.87. The lowest BCUT2D eigenvalue weighted by molar-refractivity contribution is 0.112. The van der Waals surface area contributed by atoms with Gasteiger partial charge in [-0.3, -0.25) is 4.68 Å². The number of aromatic nitrogens is 4. The van der Waals surface area contributed by atoms with E-state index in [0.29, 0.717) is 11.0 Å². The predicted molar refractivity (Wildman–Crippen MR) is 64.7 cm³/mol. The number of hydrogen-bond acceptors (Lipinski definition) is 4. The topological polar surface area (TPSA) is 52.8 Å². The Kier molecular flexibility index (Phi) is 3.40. The molecular weight excluding hydrogens is 240 g/mol. The van der Waals surface area contributed by atoms with Gasteiger partial charge in [0, 0.05) is 32.0 Å². The summed E-state index contributed by atoms with van der Waals surface area (Å²) >= 11 is 5.97. The minimum Gasteiger partial charge on any atom is -0.374 e. The highest BCUT2D eigenvalue weighted by atomic mass is 35.5. The van der Waals surface area contributed by atoms with E-state index in [1.54, 1.807) is 24.1 Å². The quantitative estimate of drug-likeness (QED) is 0.786.